The topological polar surface area (TPSA) is 113 Å². The third kappa shape index (κ3) is 7.07. The molecule has 2 amide bonds. The van der Waals surface area contributed by atoms with Crippen LogP contribution >= 0.6 is 28.3 Å². The summed E-state index contributed by atoms with van der Waals surface area (Å²) in [6, 6.07) is 3.43. The maximum absolute atomic E-state index is 12.5. The Kier molecular flexibility index (Phi) is 10.9. The van der Waals surface area contributed by atoms with Gasteiger partial charge in [-0.05, 0) is 27.7 Å². The van der Waals surface area contributed by atoms with Crippen molar-refractivity contribution in [3.8, 4) is 17.2 Å². The molecular formula is C21H31BrN4O5S. The average molecular weight is 531 g/mol. The minimum absolute atomic E-state index is 0. The Labute approximate surface area is 202 Å². The molecule has 1 aromatic carbocycles. The van der Waals surface area contributed by atoms with Gasteiger partial charge in [-0.3, -0.25) is 19.8 Å². The molecule has 0 radical (unpaired) electrons. The number of nitrogens with zero attached hydrogens (tertiary/aromatic N) is 2. The number of hydrogen-bond acceptors (Lipinski definition) is 8. The van der Waals surface area contributed by atoms with Crippen molar-refractivity contribution in [2.75, 3.05) is 32.6 Å². The number of aromatic hydroxyl groups is 1. The van der Waals surface area contributed by atoms with Crippen LogP contribution in [0.15, 0.2) is 17.5 Å². The van der Waals surface area contributed by atoms with Crippen LogP contribution < -0.4 is 20.1 Å². The predicted octanol–water partition coefficient (Wildman–Crippen LogP) is 3.54. The van der Waals surface area contributed by atoms with Gasteiger partial charge in [0.25, 0.3) is 11.8 Å². The zero-order valence-corrected chi connectivity index (χ0v) is 21.6. The summed E-state index contributed by atoms with van der Waals surface area (Å²) < 4.78 is 10.3. The number of carbonyl (C=O) groups is 2. The minimum Gasteiger partial charge on any atom is -0.507 e. The lowest BCUT2D eigenvalue weighted by Crippen LogP contribution is -2.42. The fraction of sp³-hybridized carbons (Fsp3) is 0.476. The molecule has 178 valence electrons. The number of methoxy groups -OCH3 is 2. The van der Waals surface area contributed by atoms with E-state index in [2.05, 4.69) is 48.2 Å². The van der Waals surface area contributed by atoms with E-state index >= 15 is 0 Å². The van der Waals surface area contributed by atoms with E-state index in [-0.39, 0.29) is 45.0 Å². The third-order valence-electron chi connectivity index (χ3n) is 4.69. The van der Waals surface area contributed by atoms with E-state index in [4.69, 9.17) is 9.47 Å². The molecule has 0 aliphatic carbocycles. The van der Waals surface area contributed by atoms with E-state index in [0.717, 1.165) is 17.9 Å². The maximum atomic E-state index is 12.5. The van der Waals surface area contributed by atoms with Crippen molar-refractivity contribution in [1.29, 1.82) is 0 Å². The quantitative estimate of drug-likeness (QED) is 0.430. The molecule has 32 heavy (non-hydrogen) atoms. The second kappa shape index (κ2) is 12.6. The molecule has 0 bridgehead atoms. The molecule has 0 aliphatic rings. The van der Waals surface area contributed by atoms with Gasteiger partial charge in [-0.25, -0.2) is 4.98 Å². The van der Waals surface area contributed by atoms with Gasteiger partial charge < -0.3 is 19.9 Å². The summed E-state index contributed by atoms with van der Waals surface area (Å²) in [6.07, 6.45) is 0. The summed E-state index contributed by atoms with van der Waals surface area (Å²) in [5.74, 6) is -0.535. The molecule has 1 heterocycles. The fourth-order valence-corrected chi connectivity index (χ4v) is 3.84. The van der Waals surface area contributed by atoms with E-state index in [1.54, 1.807) is 5.38 Å². The second-order valence-corrected chi connectivity index (χ2v) is 8.26. The van der Waals surface area contributed by atoms with Crippen molar-refractivity contribution < 1.29 is 24.2 Å². The fourth-order valence-electron chi connectivity index (χ4n) is 3.15. The number of ether oxygens (including phenoxy) is 2. The van der Waals surface area contributed by atoms with Crippen molar-refractivity contribution in [2.45, 2.75) is 39.8 Å². The summed E-state index contributed by atoms with van der Waals surface area (Å²) in [4.78, 5) is 31.4. The van der Waals surface area contributed by atoms with Crippen LogP contribution in [0.2, 0.25) is 0 Å². The van der Waals surface area contributed by atoms with Gasteiger partial charge >= 0.3 is 0 Å². The first-order chi connectivity index (χ1) is 14.7. The normalized spacial score (nSPS) is 10.8. The number of nitrogens with one attached hydrogen (secondary N) is 2. The van der Waals surface area contributed by atoms with Gasteiger partial charge in [-0.2, -0.15) is 0 Å². The molecule has 2 aromatic rings. The Morgan fingerprint density at radius 3 is 2.25 bits per heavy atom. The number of amides is 2. The number of halogens is 1. The van der Waals surface area contributed by atoms with Crippen LogP contribution in [0.4, 0.5) is 5.13 Å². The highest BCUT2D eigenvalue weighted by atomic mass is 79.9. The van der Waals surface area contributed by atoms with Crippen LogP contribution in [-0.2, 0) is 0 Å². The first-order valence-electron chi connectivity index (χ1n) is 9.93. The van der Waals surface area contributed by atoms with Gasteiger partial charge in [0.15, 0.2) is 16.6 Å². The molecule has 1 aromatic heterocycles. The summed E-state index contributed by atoms with van der Waals surface area (Å²) in [5, 5.41) is 17.4. The number of anilines is 1. The number of thiazole rings is 1. The van der Waals surface area contributed by atoms with Gasteiger partial charge in [0.1, 0.15) is 11.4 Å². The minimum atomic E-state index is -0.579. The first kappa shape index (κ1) is 27.7. The van der Waals surface area contributed by atoms with Gasteiger partial charge in [0, 0.05) is 42.7 Å². The van der Waals surface area contributed by atoms with E-state index in [0.29, 0.717) is 30.1 Å². The Hall–Kier alpha value is -2.37. The summed E-state index contributed by atoms with van der Waals surface area (Å²) >= 11 is 1.12. The zero-order valence-electron chi connectivity index (χ0n) is 19.1. The van der Waals surface area contributed by atoms with E-state index in [1.165, 1.54) is 26.4 Å². The van der Waals surface area contributed by atoms with Crippen molar-refractivity contribution in [3.63, 3.8) is 0 Å². The number of rotatable bonds is 10. The zero-order chi connectivity index (χ0) is 23.1. The molecule has 9 nitrogen and oxygen atoms in total. The van der Waals surface area contributed by atoms with Crippen LogP contribution in [0.3, 0.4) is 0 Å². The average Bonchev–Trinajstić information content (AvgIpc) is 3.18. The smallest absolute Gasteiger partial charge is 0.270 e. The molecule has 0 atom stereocenters. The highest BCUT2D eigenvalue weighted by Crippen LogP contribution is 2.34. The monoisotopic (exact) mass is 530 g/mol. The lowest BCUT2D eigenvalue weighted by Gasteiger charge is -2.30. The SMILES string of the molecule is Br.COc1cc(O)c(C(=O)Nc2nc(C(=O)NCCN(C(C)C)C(C)C)cs2)cc1OC. The predicted molar refractivity (Wildman–Crippen MR) is 131 cm³/mol. The molecule has 3 N–H and O–H groups in total. The van der Waals surface area contributed by atoms with Gasteiger partial charge in [0.2, 0.25) is 0 Å². The van der Waals surface area contributed by atoms with Crippen LogP contribution in [-0.4, -0.2) is 66.2 Å². The van der Waals surface area contributed by atoms with Crippen LogP contribution in [0, 0.1) is 0 Å². The van der Waals surface area contributed by atoms with Crippen LogP contribution in [0.1, 0.15) is 48.5 Å². The molecule has 11 heteroatoms. The van der Waals surface area contributed by atoms with Crippen LogP contribution in [0.25, 0.3) is 0 Å². The lowest BCUT2D eigenvalue weighted by molar-refractivity contribution is 0.0934. The maximum Gasteiger partial charge on any atom is 0.270 e. The molecule has 0 fully saturated rings. The molecule has 0 saturated heterocycles. The van der Waals surface area contributed by atoms with Crippen LogP contribution in [0.5, 0.6) is 17.2 Å². The highest BCUT2D eigenvalue weighted by molar-refractivity contribution is 8.93. The van der Waals surface area contributed by atoms with E-state index < -0.39 is 5.91 Å². The largest absolute Gasteiger partial charge is 0.507 e. The second-order valence-electron chi connectivity index (χ2n) is 7.40. The van der Waals surface area contributed by atoms with Gasteiger partial charge in [-0.15, -0.1) is 28.3 Å². The molecule has 0 saturated carbocycles. The number of phenolic OH excluding ortho intramolecular Hbond substituents is 1. The molecule has 0 unspecified atom stereocenters. The third-order valence-corrected chi connectivity index (χ3v) is 5.44. The molecule has 0 aliphatic heterocycles. The highest BCUT2D eigenvalue weighted by Gasteiger charge is 2.19. The van der Waals surface area contributed by atoms with Gasteiger partial charge in [0.05, 0.1) is 19.8 Å². The Morgan fingerprint density at radius 2 is 1.69 bits per heavy atom. The van der Waals surface area contributed by atoms with E-state index in [1.807, 2.05) is 0 Å². The summed E-state index contributed by atoms with van der Waals surface area (Å²) in [7, 11) is 2.87. The standard InChI is InChI=1S/C21H30N4O5S.BrH/c1-12(2)25(13(3)4)8-7-22-20(28)15-11-31-21(23-15)24-19(27)14-9-17(29-5)18(30-6)10-16(14)26;/h9-13,26H,7-8H2,1-6H3,(H,22,28)(H,23,24,27);1H. The van der Waals surface area contributed by atoms with E-state index in [9.17, 15) is 14.7 Å². The van der Waals surface area contributed by atoms with Crippen molar-refractivity contribution in [1.82, 2.24) is 15.2 Å². The van der Waals surface area contributed by atoms with Crippen molar-refractivity contribution in [2.24, 2.45) is 0 Å². The first-order valence-corrected chi connectivity index (χ1v) is 10.8. The number of benzene rings is 1. The Morgan fingerprint density at radius 1 is 1.09 bits per heavy atom. The lowest BCUT2D eigenvalue weighted by atomic mass is 10.1. The summed E-state index contributed by atoms with van der Waals surface area (Å²) in [5.41, 5.74) is 0.221. The Bertz CT molecular complexity index is 912. The molecule has 0 spiro atoms. The summed E-state index contributed by atoms with van der Waals surface area (Å²) in [6.45, 7) is 9.70. The van der Waals surface area contributed by atoms with Gasteiger partial charge in [-0.1, -0.05) is 0 Å². The van der Waals surface area contributed by atoms with Crippen molar-refractivity contribution >= 4 is 45.3 Å². The number of hydrogen-bond donors (Lipinski definition) is 3. The Balaban J connectivity index is 0.00000512. The number of aromatic nitrogens is 1. The number of phenols is 1. The molecule has 2 rings (SSSR count). The molecular weight excluding hydrogens is 500 g/mol. The van der Waals surface area contributed by atoms with Crippen molar-refractivity contribution in [3.05, 3.63) is 28.8 Å². The number of carbonyl (C=O) groups excluding carboxylic acids is 2.